The largest absolute Gasteiger partial charge is 0.337 e. The number of nitrogens with one attached hydrogen (secondary N) is 1. The fourth-order valence-corrected chi connectivity index (χ4v) is 2.89. The molecule has 0 spiro atoms. The summed E-state index contributed by atoms with van der Waals surface area (Å²) < 4.78 is 0. The Labute approximate surface area is 140 Å². The number of amides is 1. The van der Waals surface area contributed by atoms with Crippen molar-refractivity contribution in [2.24, 2.45) is 5.92 Å². The number of para-hydroxylation sites is 1. The molecule has 0 aliphatic carbocycles. The van der Waals surface area contributed by atoms with Gasteiger partial charge in [-0.05, 0) is 25.8 Å². The van der Waals surface area contributed by atoms with Gasteiger partial charge in [-0.3, -0.25) is 4.79 Å². The van der Waals surface area contributed by atoms with Crippen molar-refractivity contribution in [3.05, 3.63) is 30.1 Å². The minimum atomic E-state index is -0.860. The lowest BCUT2D eigenvalue weighted by molar-refractivity contribution is -0.120. The van der Waals surface area contributed by atoms with E-state index in [-0.39, 0.29) is 17.6 Å². The second-order valence-electron chi connectivity index (χ2n) is 5.90. The average Bonchev–Trinajstić information content (AvgIpc) is 2.52. The number of hydrogen-bond acceptors (Lipinski definition) is 5. The van der Waals surface area contributed by atoms with E-state index >= 15 is 0 Å². The van der Waals surface area contributed by atoms with E-state index in [4.69, 9.17) is 0 Å². The number of hydrogen-bond donors (Lipinski definition) is 1. The van der Waals surface area contributed by atoms with E-state index in [1.807, 2.05) is 45.0 Å². The molecule has 1 N–H and O–H groups in total. The summed E-state index contributed by atoms with van der Waals surface area (Å²) in [5, 5.41) is 13.8. The summed E-state index contributed by atoms with van der Waals surface area (Å²) in [6, 6.07) is 9.91. The summed E-state index contributed by atoms with van der Waals surface area (Å²) in [6.45, 7) is 7.41. The highest BCUT2D eigenvalue weighted by Gasteiger charge is 2.29. The number of carbonyl (C=O) groups is 1. The second kappa shape index (κ2) is 6.97. The van der Waals surface area contributed by atoms with Crippen molar-refractivity contribution < 1.29 is 4.79 Å². The molecule has 0 radical (unpaired) electrons. The first-order valence-electron chi connectivity index (χ1n) is 7.44. The lowest BCUT2D eigenvalue weighted by atomic mass is 9.90. The fourth-order valence-electron chi connectivity index (χ4n) is 2.03. The Morgan fingerprint density at radius 3 is 2.74 bits per heavy atom. The zero-order valence-corrected chi connectivity index (χ0v) is 14.6. The van der Waals surface area contributed by atoms with Crippen LogP contribution in [0.3, 0.4) is 0 Å². The molecule has 0 saturated heterocycles. The van der Waals surface area contributed by atoms with E-state index < -0.39 is 5.54 Å². The molecule has 2 rings (SSSR count). The van der Waals surface area contributed by atoms with Gasteiger partial charge >= 0.3 is 0 Å². The highest BCUT2D eigenvalue weighted by molar-refractivity contribution is 8.00. The van der Waals surface area contributed by atoms with Gasteiger partial charge in [0.25, 0.3) is 0 Å². The summed E-state index contributed by atoms with van der Waals surface area (Å²) in [5.41, 5.74) is 0.00773. The molecule has 0 bridgehead atoms. The molecular weight excluding hydrogens is 308 g/mol. The quantitative estimate of drug-likeness (QED) is 0.674. The first-order chi connectivity index (χ1) is 10.9. The number of aryl methyl sites for hydroxylation is 1. The topological polar surface area (TPSA) is 78.7 Å². The first-order valence-corrected chi connectivity index (χ1v) is 8.42. The molecule has 0 aliphatic rings. The SMILES string of the molecule is Cc1nc(SCC(=O)N[C@](C)(C#N)C(C)C)c2ccccc2n1. The van der Waals surface area contributed by atoms with Crippen molar-refractivity contribution in [1.29, 1.82) is 5.26 Å². The third kappa shape index (κ3) is 3.99. The molecule has 0 fully saturated rings. The van der Waals surface area contributed by atoms with Gasteiger partial charge in [0.05, 0.1) is 17.3 Å². The Morgan fingerprint density at radius 2 is 2.09 bits per heavy atom. The highest BCUT2D eigenvalue weighted by atomic mass is 32.2. The molecule has 1 aromatic carbocycles. The number of benzene rings is 1. The minimum absolute atomic E-state index is 0.0311. The van der Waals surface area contributed by atoms with Gasteiger partial charge in [0.15, 0.2) is 0 Å². The average molecular weight is 328 g/mol. The molecule has 23 heavy (non-hydrogen) atoms. The molecule has 6 heteroatoms. The van der Waals surface area contributed by atoms with Crippen LogP contribution in [0.15, 0.2) is 29.3 Å². The van der Waals surface area contributed by atoms with E-state index in [2.05, 4.69) is 21.4 Å². The van der Waals surface area contributed by atoms with Crippen molar-refractivity contribution in [3.63, 3.8) is 0 Å². The van der Waals surface area contributed by atoms with Crippen LogP contribution in [-0.2, 0) is 4.79 Å². The number of fused-ring (bicyclic) bond motifs is 1. The van der Waals surface area contributed by atoms with Crippen molar-refractivity contribution in [2.45, 2.75) is 38.3 Å². The summed E-state index contributed by atoms with van der Waals surface area (Å²) in [7, 11) is 0. The third-order valence-electron chi connectivity index (χ3n) is 3.81. The van der Waals surface area contributed by atoms with Crippen LogP contribution in [0.25, 0.3) is 10.9 Å². The van der Waals surface area contributed by atoms with Crippen molar-refractivity contribution in [3.8, 4) is 6.07 Å². The summed E-state index contributed by atoms with van der Waals surface area (Å²) in [6.07, 6.45) is 0. The Bertz CT molecular complexity index is 769. The second-order valence-corrected chi connectivity index (χ2v) is 6.86. The van der Waals surface area contributed by atoms with Crippen LogP contribution in [0.1, 0.15) is 26.6 Å². The molecule has 1 atom stereocenters. The lowest BCUT2D eigenvalue weighted by Gasteiger charge is -2.27. The van der Waals surface area contributed by atoms with Crippen LogP contribution in [0.4, 0.5) is 0 Å². The van der Waals surface area contributed by atoms with Gasteiger partial charge in [0.1, 0.15) is 16.4 Å². The molecule has 1 heterocycles. The van der Waals surface area contributed by atoms with Gasteiger partial charge in [-0.25, -0.2) is 9.97 Å². The first kappa shape index (κ1) is 17.2. The van der Waals surface area contributed by atoms with Gasteiger partial charge in [-0.15, -0.1) is 0 Å². The maximum Gasteiger partial charge on any atom is 0.231 e. The van der Waals surface area contributed by atoms with Crippen LogP contribution in [-0.4, -0.2) is 27.2 Å². The van der Waals surface area contributed by atoms with Crippen molar-refractivity contribution in [2.75, 3.05) is 5.75 Å². The molecule has 0 aliphatic heterocycles. The summed E-state index contributed by atoms with van der Waals surface area (Å²) >= 11 is 1.36. The molecule has 0 unspecified atom stereocenters. The van der Waals surface area contributed by atoms with Crippen LogP contribution in [0.5, 0.6) is 0 Å². The molecule has 2 aromatic rings. The smallest absolute Gasteiger partial charge is 0.231 e. The summed E-state index contributed by atoms with van der Waals surface area (Å²) in [4.78, 5) is 21.0. The minimum Gasteiger partial charge on any atom is -0.337 e. The number of rotatable bonds is 5. The van der Waals surface area contributed by atoms with Crippen molar-refractivity contribution in [1.82, 2.24) is 15.3 Å². The molecule has 1 amide bonds. The predicted octanol–water partition coefficient (Wildman–Crippen LogP) is 3.08. The Hall–Kier alpha value is -2.13. The van der Waals surface area contributed by atoms with Crippen LogP contribution in [0, 0.1) is 24.2 Å². The van der Waals surface area contributed by atoms with E-state index in [0.29, 0.717) is 5.82 Å². The monoisotopic (exact) mass is 328 g/mol. The van der Waals surface area contributed by atoms with Gasteiger partial charge in [-0.2, -0.15) is 5.26 Å². The Balaban J connectivity index is 2.13. The number of nitrogens with zero attached hydrogens (tertiary/aromatic N) is 3. The zero-order chi connectivity index (χ0) is 17.0. The zero-order valence-electron chi connectivity index (χ0n) is 13.8. The highest BCUT2D eigenvalue weighted by Crippen LogP contribution is 2.25. The van der Waals surface area contributed by atoms with E-state index in [1.54, 1.807) is 6.92 Å². The van der Waals surface area contributed by atoms with Gasteiger partial charge in [-0.1, -0.05) is 43.8 Å². The van der Waals surface area contributed by atoms with Crippen molar-refractivity contribution >= 4 is 28.6 Å². The van der Waals surface area contributed by atoms with E-state index in [1.165, 1.54) is 11.8 Å². The molecule has 120 valence electrons. The molecular formula is C17H20N4OS. The lowest BCUT2D eigenvalue weighted by Crippen LogP contribution is -2.49. The maximum absolute atomic E-state index is 12.2. The fraction of sp³-hybridized carbons (Fsp3) is 0.412. The van der Waals surface area contributed by atoms with E-state index in [9.17, 15) is 10.1 Å². The van der Waals surface area contributed by atoms with Gasteiger partial charge in [0, 0.05) is 5.39 Å². The number of aromatic nitrogens is 2. The number of thioether (sulfide) groups is 1. The van der Waals surface area contributed by atoms with Gasteiger partial charge in [0.2, 0.25) is 5.91 Å². The Kier molecular flexibility index (Phi) is 5.22. The predicted molar refractivity (Wildman–Crippen MR) is 92.0 cm³/mol. The van der Waals surface area contributed by atoms with Gasteiger partial charge < -0.3 is 5.32 Å². The molecule has 5 nitrogen and oxygen atoms in total. The maximum atomic E-state index is 12.2. The van der Waals surface area contributed by atoms with Crippen LogP contribution in [0.2, 0.25) is 0 Å². The summed E-state index contributed by atoms with van der Waals surface area (Å²) in [5.74, 6) is 0.747. The molecule has 0 saturated carbocycles. The van der Waals surface area contributed by atoms with E-state index in [0.717, 1.165) is 15.9 Å². The number of carbonyl (C=O) groups excluding carboxylic acids is 1. The Morgan fingerprint density at radius 1 is 1.39 bits per heavy atom. The number of nitriles is 1. The van der Waals surface area contributed by atoms with Crippen LogP contribution < -0.4 is 5.32 Å². The van der Waals surface area contributed by atoms with Crippen LogP contribution >= 0.6 is 11.8 Å². The standard InChI is InChI=1S/C17H20N4OS/c1-11(2)17(4,10-18)21-15(22)9-23-16-13-7-5-6-8-14(13)19-12(3)20-16/h5-8,11H,9H2,1-4H3,(H,21,22)/t17-/m1/s1. The molecule has 1 aromatic heterocycles. The third-order valence-corrected chi connectivity index (χ3v) is 4.80. The normalized spacial score (nSPS) is 13.6.